The minimum absolute atomic E-state index is 0.159. The van der Waals surface area contributed by atoms with Gasteiger partial charge in [-0.25, -0.2) is 4.98 Å². The van der Waals surface area contributed by atoms with E-state index in [-0.39, 0.29) is 6.04 Å². The summed E-state index contributed by atoms with van der Waals surface area (Å²) in [6.45, 7) is 4.23. The zero-order valence-corrected chi connectivity index (χ0v) is 15.5. The van der Waals surface area contributed by atoms with Gasteiger partial charge in [0, 0.05) is 19.3 Å². The number of primary amides is 1. The van der Waals surface area contributed by atoms with Crippen molar-refractivity contribution >= 4 is 17.5 Å². The molecule has 1 aliphatic heterocycles. The Morgan fingerprint density at radius 3 is 2.69 bits per heavy atom. The van der Waals surface area contributed by atoms with Crippen molar-refractivity contribution in [3.8, 4) is 0 Å². The van der Waals surface area contributed by atoms with Gasteiger partial charge in [0.15, 0.2) is 0 Å². The van der Waals surface area contributed by atoms with Crippen molar-refractivity contribution in [3.05, 3.63) is 17.7 Å². The third kappa shape index (κ3) is 5.08. The van der Waals surface area contributed by atoms with Gasteiger partial charge in [0.1, 0.15) is 11.6 Å². The molecule has 144 valence electrons. The van der Waals surface area contributed by atoms with E-state index in [2.05, 4.69) is 15.6 Å². The standard InChI is InChI=1S/C19H30N4O3/c1-2-26-15-7-5-13(6-8-15)21-17-10-9-16(18(20)24)19(23-17)22-14-4-3-11-25-12-14/h9-10,13-15H,2-8,11-12H2,1H3,(H2,20,24)(H2,21,22,23)/t13-,14-,15-/m0/s1. The van der Waals surface area contributed by atoms with Crippen LogP contribution < -0.4 is 16.4 Å². The van der Waals surface area contributed by atoms with E-state index in [1.807, 2.05) is 13.0 Å². The number of nitrogens with one attached hydrogen (secondary N) is 2. The maximum absolute atomic E-state index is 11.7. The molecular formula is C19H30N4O3. The number of nitrogens with zero attached hydrogens (tertiary/aromatic N) is 1. The van der Waals surface area contributed by atoms with Gasteiger partial charge in [-0.15, -0.1) is 0 Å². The first-order chi connectivity index (χ1) is 12.7. The van der Waals surface area contributed by atoms with Gasteiger partial charge in [0.05, 0.1) is 24.3 Å². The summed E-state index contributed by atoms with van der Waals surface area (Å²) in [7, 11) is 0. The molecule has 0 aromatic carbocycles. The summed E-state index contributed by atoms with van der Waals surface area (Å²) < 4.78 is 11.2. The highest BCUT2D eigenvalue weighted by Gasteiger charge is 2.22. The highest BCUT2D eigenvalue weighted by molar-refractivity contribution is 5.97. The lowest BCUT2D eigenvalue weighted by molar-refractivity contribution is 0.0346. The monoisotopic (exact) mass is 362 g/mol. The second-order valence-corrected chi connectivity index (χ2v) is 7.09. The predicted octanol–water partition coefficient (Wildman–Crippen LogP) is 2.53. The molecule has 2 fully saturated rings. The molecule has 0 radical (unpaired) electrons. The number of rotatable bonds is 7. The number of carbonyl (C=O) groups is 1. The van der Waals surface area contributed by atoms with Gasteiger partial charge in [-0.2, -0.15) is 0 Å². The van der Waals surface area contributed by atoms with Gasteiger partial charge in [0.25, 0.3) is 5.91 Å². The molecule has 3 rings (SSSR count). The summed E-state index contributed by atoms with van der Waals surface area (Å²) in [5.74, 6) is 0.843. The fraction of sp³-hybridized carbons (Fsp3) is 0.684. The molecule has 2 heterocycles. The highest BCUT2D eigenvalue weighted by atomic mass is 16.5. The molecule has 1 saturated heterocycles. The number of hydrogen-bond acceptors (Lipinski definition) is 6. The molecular weight excluding hydrogens is 332 g/mol. The van der Waals surface area contributed by atoms with Crippen LogP contribution in [0.25, 0.3) is 0 Å². The number of anilines is 2. The molecule has 1 saturated carbocycles. The van der Waals surface area contributed by atoms with E-state index in [1.165, 1.54) is 0 Å². The lowest BCUT2D eigenvalue weighted by Crippen LogP contribution is -2.32. The van der Waals surface area contributed by atoms with Gasteiger partial charge in [0.2, 0.25) is 0 Å². The Morgan fingerprint density at radius 1 is 1.23 bits per heavy atom. The molecule has 1 aromatic heterocycles. The van der Waals surface area contributed by atoms with Crippen LogP contribution in [0.3, 0.4) is 0 Å². The van der Waals surface area contributed by atoms with E-state index >= 15 is 0 Å². The number of ether oxygens (including phenoxy) is 2. The van der Waals surface area contributed by atoms with Crippen molar-refractivity contribution in [3.63, 3.8) is 0 Å². The quantitative estimate of drug-likeness (QED) is 0.689. The SMILES string of the molecule is CCO[C@H]1CC[C@H](Nc2ccc(C(N)=O)c(N[C@H]3CCCOC3)n2)CC1. The van der Waals surface area contributed by atoms with Crippen molar-refractivity contribution in [1.29, 1.82) is 0 Å². The third-order valence-electron chi connectivity index (χ3n) is 5.09. The van der Waals surface area contributed by atoms with Gasteiger partial charge in [-0.3, -0.25) is 4.79 Å². The summed E-state index contributed by atoms with van der Waals surface area (Å²) in [6, 6.07) is 4.11. The number of pyridine rings is 1. The van der Waals surface area contributed by atoms with Crippen LogP contribution in [0, 0.1) is 0 Å². The Hall–Kier alpha value is -1.86. The first-order valence-corrected chi connectivity index (χ1v) is 9.69. The fourth-order valence-corrected chi connectivity index (χ4v) is 3.71. The largest absolute Gasteiger partial charge is 0.379 e. The Balaban J connectivity index is 1.64. The van der Waals surface area contributed by atoms with Crippen molar-refractivity contribution < 1.29 is 14.3 Å². The van der Waals surface area contributed by atoms with E-state index in [1.54, 1.807) is 6.07 Å². The molecule has 0 bridgehead atoms. The van der Waals surface area contributed by atoms with E-state index in [4.69, 9.17) is 15.2 Å². The first kappa shape index (κ1) is 18.9. The molecule has 1 aromatic rings. The Kier molecular flexibility index (Phi) is 6.68. The van der Waals surface area contributed by atoms with Crippen LogP contribution in [0.4, 0.5) is 11.6 Å². The minimum atomic E-state index is -0.472. The van der Waals surface area contributed by atoms with Crippen LogP contribution in [0.15, 0.2) is 12.1 Å². The number of hydrogen-bond donors (Lipinski definition) is 3. The molecule has 4 N–H and O–H groups in total. The molecule has 2 aliphatic rings. The van der Waals surface area contributed by atoms with Gasteiger partial charge < -0.3 is 25.8 Å². The van der Waals surface area contributed by atoms with Crippen LogP contribution in [0.2, 0.25) is 0 Å². The number of nitrogens with two attached hydrogens (primary N) is 1. The molecule has 0 unspecified atom stereocenters. The van der Waals surface area contributed by atoms with Crippen LogP contribution in [0.1, 0.15) is 55.8 Å². The summed E-state index contributed by atoms with van der Waals surface area (Å²) in [5.41, 5.74) is 5.93. The zero-order chi connectivity index (χ0) is 18.4. The number of aromatic nitrogens is 1. The minimum Gasteiger partial charge on any atom is -0.379 e. The Morgan fingerprint density at radius 2 is 2.04 bits per heavy atom. The normalized spacial score (nSPS) is 26.3. The number of amides is 1. The van der Waals surface area contributed by atoms with Gasteiger partial charge >= 0.3 is 0 Å². The third-order valence-corrected chi connectivity index (χ3v) is 5.09. The van der Waals surface area contributed by atoms with E-state index in [0.717, 1.165) is 57.6 Å². The van der Waals surface area contributed by atoms with Crippen LogP contribution >= 0.6 is 0 Å². The van der Waals surface area contributed by atoms with E-state index in [9.17, 15) is 4.79 Å². The van der Waals surface area contributed by atoms with Crippen molar-refractivity contribution in [1.82, 2.24) is 4.98 Å². The number of carbonyl (C=O) groups excluding carboxylic acids is 1. The topological polar surface area (TPSA) is 98.5 Å². The van der Waals surface area contributed by atoms with Crippen molar-refractivity contribution in [2.24, 2.45) is 5.73 Å². The van der Waals surface area contributed by atoms with Crippen LogP contribution in [-0.4, -0.2) is 48.9 Å². The first-order valence-electron chi connectivity index (χ1n) is 9.69. The molecule has 0 spiro atoms. The van der Waals surface area contributed by atoms with E-state index < -0.39 is 5.91 Å². The average Bonchev–Trinajstić information content (AvgIpc) is 2.64. The lowest BCUT2D eigenvalue weighted by Gasteiger charge is -2.29. The maximum atomic E-state index is 11.7. The highest BCUT2D eigenvalue weighted by Crippen LogP contribution is 2.25. The van der Waals surface area contributed by atoms with Crippen LogP contribution in [-0.2, 0) is 9.47 Å². The van der Waals surface area contributed by atoms with Gasteiger partial charge in [-0.05, 0) is 57.6 Å². The van der Waals surface area contributed by atoms with Crippen LogP contribution in [0.5, 0.6) is 0 Å². The molecule has 26 heavy (non-hydrogen) atoms. The molecule has 1 amide bonds. The van der Waals surface area contributed by atoms with Crippen molar-refractivity contribution in [2.45, 2.75) is 63.6 Å². The fourth-order valence-electron chi connectivity index (χ4n) is 3.71. The molecule has 7 nitrogen and oxygen atoms in total. The van der Waals surface area contributed by atoms with Crippen molar-refractivity contribution in [2.75, 3.05) is 30.5 Å². The summed E-state index contributed by atoms with van der Waals surface area (Å²) in [4.78, 5) is 16.4. The second-order valence-electron chi connectivity index (χ2n) is 7.09. The molecule has 7 heteroatoms. The summed E-state index contributed by atoms with van der Waals surface area (Å²) >= 11 is 0. The maximum Gasteiger partial charge on any atom is 0.252 e. The van der Waals surface area contributed by atoms with Gasteiger partial charge in [-0.1, -0.05) is 0 Å². The molecule has 1 aliphatic carbocycles. The summed E-state index contributed by atoms with van der Waals surface area (Å²) in [6.07, 6.45) is 6.63. The summed E-state index contributed by atoms with van der Waals surface area (Å²) in [5, 5.41) is 6.83. The smallest absolute Gasteiger partial charge is 0.252 e. The molecule has 1 atom stereocenters. The lowest BCUT2D eigenvalue weighted by atomic mass is 9.93. The van der Waals surface area contributed by atoms with E-state index in [0.29, 0.717) is 30.1 Å². The average molecular weight is 362 g/mol. The second kappa shape index (κ2) is 9.19. The Bertz CT molecular complexity index is 596. The zero-order valence-electron chi connectivity index (χ0n) is 15.5. The predicted molar refractivity (Wildman–Crippen MR) is 102 cm³/mol. The Labute approximate surface area is 155 Å².